The van der Waals surface area contributed by atoms with Gasteiger partial charge in [-0.25, -0.2) is 0 Å². The number of aromatic hydroxyl groups is 1. The maximum Gasteiger partial charge on any atom is 0.418 e. The van der Waals surface area contributed by atoms with Crippen LogP contribution >= 0.6 is 11.6 Å². The van der Waals surface area contributed by atoms with Gasteiger partial charge in [-0.3, -0.25) is 4.79 Å². The van der Waals surface area contributed by atoms with Gasteiger partial charge in [0.05, 0.1) is 23.4 Å². The number of halogens is 4. The third-order valence-corrected chi connectivity index (χ3v) is 3.72. The second-order valence-corrected chi connectivity index (χ2v) is 5.63. The predicted molar refractivity (Wildman–Crippen MR) is 93.3 cm³/mol. The molecule has 0 atom stereocenters. The summed E-state index contributed by atoms with van der Waals surface area (Å²) < 4.78 is 44.0. The van der Waals surface area contributed by atoms with Gasteiger partial charge >= 0.3 is 6.18 Å². The largest absolute Gasteiger partial charge is 0.503 e. The van der Waals surface area contributed by atoms with Crippen molar-refractivity contribution in [2.45, 2.75) is 6.18 Å². The average Bonchev–Trinajstić information content (AvgIpc) is 2.61. The van der Waals surface area contributed by atoms with Crippen molar-refractivity contribution in [1.29, 1.82) is 5.26 Å². The highest BCUT2D eigenvalue weighted by atomic mass is 35.5. The maximum atomic E-state index is 13.0. The van der Waals surface area contributed by atoms with Crippen molar-refractivity contribution in [1.82, 2.24) is 0 Å². The van der Waals surface area contributed by atoms with E-state index in [1.54, 1.807) is 6.07 Å². The molecule has 2 aromatic carbocycles. The van der Waals surface area contributed by atoms with Crippen LogP contribution in [0.3, 0.4) is 0 Å². The van der Waals surface area contributed by atoms with E-state index in [1.807, 2.05) is 0 Å². The first kappa shape index (κ1) is 20.1. The minimum Gasteiger partial charge on any atom is -0.503 e. The van der Waals surface area contributed by atoms with Gasteiger partial charge in [0.2, 0.25) is 0 Å². The van der Waals surface area contributed by atoms with Crippen LogP contribution in [-0.4, -0.2) is 18.1 Å². The van der Waals surface area contributed by atoms with E-state index < -0.39 is 28.9 Å². The minimum atomic E-state index is -4.67. The molecule has 0 aromatic heterocycles. The van der Waals surface area contributed by atoms with E-state index in [4.69, 9.17) is 16.3 Å². The van der Waals surface area contributed by atoms with Crippen molar-refractivity contribution in [2.75, 3.05) is 12.4 Å². The third kappa shape index (κ3) is 4.71. The summed E-state index contributed by atoms with van der Waals surface area (Å²) in [7, 11) is 1.28. The fraction of sp³-hybridized carbons (Fsp3) is 0.111. The number of nitrogens with one attached hydrogen (secondary N) is 1. The Balaban J connectivity index is 2.37. The van der Waals surface area contributed by atoms with Gasteiger partial charge in [0, 0.05) is 0 Å². The number of nitrogens with zero attached hydrogens (tertiary/aromatic N) is 1. The summed E-state index contributed by atoms with van der Waals surface area (Å²) >= 11 is 5.84. The zero-order valence-corrected chi connectivity index (χ0v) is 14.5. The molecule has 0 aliphatic heterocycles. The fourth-order valence-corrected chi connectivity index (χ4v) is 2.40. The number of alkyl halides is 3. The van der Waals surface area contributed by atoms with Crippen LogP contribution in [0.1, 0.15) is 11.1 Å². The molecule has 27 heavy (non-hydrogen) atoms. The van der Waals surface area contributed by atoms with Crippen LogP contribution in [0.5, 0.6) is 11.5 Å². The number of hydrogen-bond acceptors (Lipinski definition) is 4. The molecule has 0 aliphatic rings. The summed E-state index contributed by atoms with van der Waals surface area (Å²) in [4.78, 5) is 12.3. The van der Waals surface area contributed by atoms with Crippen molar-refractivity contribution in [3.05, 3.63) is 58.1 Å². The fourth-order valence-electron chi connectivity index (χ4n) is 2.18. The van der Waals surface area contributed by atoms with Crippen molar-refractivity contribution >= 4 is 29.3 Å². The summed E-state index contributed by atoms with van der Waals surface area (Å²) in [5, 5.41) is 20.9. The third-order valence-electron chi connectivity index (χ3n) is 3.43. The van der Waals surface area contributed by atoms with E-state index in [0.29, 0.717) is 0 Å². The summed E-state index contributed by atoms with van der Waals surface area (Å²) in [5.74, 6) is -1.34. The Bertz CT molecular complexity index is 950. The lowest BCUT2D eigenvalue weighted by Crippen LogP contribution is -2.17. The van der Waals surface area contributed by atoms with E-state index in [0.717, 1.165) is 18.2 Å². The summed E-state index contributed by atoms with van der Waals surface area (Å²) in [6, 6.07) is 8.61. The lowest BCUT2D eigenvalue weighted by molar-refractivity contribution is -0.137. The smallest absolute Gasteiger partial charge is 0.418 e. The molecular weight excluding hydrogens is 385 g/mol. The Morgan fingerprint density at radius 3 is 2.59 bits per heavy atom. The SMILES string of the molecule is COc1cc(/C=C(\C#N)C(=O)Nc2ccccc2C(F)(F)F)cc(Cl)c1O. The molecule has 0 radical (unpaired) electrons. The van der Waals surface area contributed by atoms with Crippen LogP contribution in [-0.2, 0) is 11.0 Å². The van der Waals surface area contributed by atoms with Gasteiger partial charge in [-0.05, 0) is 35.9 Å². The Morgan fingerprint density at radius 2 is 2.00 bits per heavy atom. The number of phenolic OH excluding ortho intramolecular Hbond substituents is 1. The Morgan fingerprint density at radius 1 is 1.33 bits per heavy atom. The van der Waals surface area contributed by atoms with Crippen molar-refractivity contribution < 1.29 is 27.8 Å². The molecule has 9 heteroatoms. The quantitative estimate of drug-likeness (QED) is 0.583. The van der Waals surface area contributed by atoms with E-state index in [1.165, 1.54) is 31.4 Å². The number of amides is 1. The molecule has 1 amide bonds. The number of methoxy groups -OCH3 is 1. The molecule has 0 saturated carbocycles. The second-order valence-electron chi connectivity index (χ2n) is 5.22. The van der Waals surface area contributed by atoms with Crippen LogP contribution in [0.2, 0.25) is 5.02 Å². The van der Waals surface area contributed by atoms with Crippen LogP contribution < -0.4 is 10.1 Å². The average molecular weight is 397 g/mol. The Labute approximate surface area is 157 Å². The highest BCUT2D eigenvalue weighted by Crippen LogP contribution is 2.36. The lowest BCUT2D eigenvalue weighted by Gasteiger charge is -2.13. The monoisotopic (exact) mass is 396 g/mol. The standard InChI is InChI=1S/C18H12ClF3N2O3/c1-27-15-8-10(7-13(19)16(15)25)6-11(9-23)17(26)24-14-5-3-2-4-12(14)18(20,21)22/h2-8,25H,1H3,(H,24,26)/b11-6+. The lowest BCUT2D eigenvalue weighted by atomic mass is 10.1. The van der Waals surface area contributed by atoms with Crippen molar-refractivity contribution in [3.63, 3.8) is 0 Å². The van der Waals surface area contributed by atoms with E-state index in [2.05, 4.69) is 5.32 Å². The molecule has 2 aromatic rings. The molecule has 5 nitrogen and oxygen atoms in total. The van der Waals surface area contributed by atoms with Gasteiger partial charge in [0.1, 0.15) is 11.6 Å². The zero-order chi connectivity index (χ0) is 20.2. The summed E-state index contributed by atoms with van der Waals surface area (Å²) in [6.07, 6.45) is -3.56. The van der Waals surface area contributed by atoms with Crippen molar-refractivity contribution in [2.24, 2.45) is 0 Å². The molecular formula is C18H12ClF3N2O3. The first-order valence-corrected chi connectivity index (χ1v) is 7.71. The van der Waals surface area contributed by atoms with Gasteiger partial charge in [0.15, 0.2) is 11.5 Å². The molecule has 140 valence electrons. The molecule has 0 bridgehead atoms. The van der Waals surface area contributed by atoms with Crippen molar-refractivity contribution in [3.8, 4) is 17.6 Å². The van der Waals surface area contributed by atoms with Gasteiger partial charge in [-0.1, -0.05) is 23.7 Å². The topological polar surface area (TPSA) is 82.3 Å². The number of ether oxygens (including phenoxy) is 1. The molecule has 2 rings (SSSR count). The van der Waals surface area contributed by atoms with Gasteiger partial charge in [-0.2, -0.15) is 18.4 Å². The second kappa shape index (κ2) is 8.01. The van der Waals surface area contributed by atoms with Crippen LogP contribution in [0, 0.1) is 11.3 Å². The first-order valence-electron chi connectivity index (χ1n) is 7.33. The van der Waals surface area contributed by atoms with E-state index in [-0.39, 0.29) is 22.1 Å². The Hall–Kier alpha value is -3.18. The molecule has 0 heterocycles. The number of carbonyl (C=O) groups is 1. The van der Waals surface area contributed by atoms with Crippen LogP contribution in [0.15, 0.2) is 42.0 Å². The summed E-state index contributed by atoms with van der Waals surface area (Å²) in [6.45, 7) is 0. The van der Waals surface area contributed by atoms with Gasteiger partial charge in [-0.15, -0.1) is 0 Å². The Kier molecular flexibility index (Phi) is 5.98. The number of phenols is 1. The molecule has 0 unspecified atom stereocenters. The number of nitriles is 1. The highest BCUT2D eigenvalue weighted by Gasteiger charge is 2.33. The molecule has 0 saturated heterocycles. The van der Waals surface area contributed by atoms with E-state index >= 15 is 0 Å². The normalized spacial score (nSPS) is 11.6. The van der Waals surface area contributed by atoms with E-state index in [9.17, 15) is 28.3 Å². The van der Waals surface area contributed by atoms with Gasteiger partial charge < -0.3 is 15.2 Å². The number of anilines is 1. The number of rotatable bonds is 4. The zero-order valence-electron chi connectivity index (χ0n) is 13.8. The van der Waals surface area contributed by atoms with Crippen LogP contribution in [0.25, 0.3) is 6.08 Å². The molecule has 0 fully saturated rings. The molecule has 0 spiro atoms. The molecule has 0 aliphatic carbocycles. The first-order chi connectivity index (χ1) is 12.7. The predicted octanol–water partition coefficient (Wildman–Crippen LogP) is 4.62. The van der Waals surface area contributed by atoms with Crippen LogP contribution in [0.4, 0.5) is 18.9 Å². The minimum absolute atomic E-state index is 0.00821. The number of hydrogen-bond donors (Lipinski definition) is 2. The summed E-state index contributed by atoms with van der Waals surface area (Å²) in [5.41, 5.74) is -1.73. The number of carbonyl (C=O) groups excluding carboxylic acids is 1. The van der Waals surface area contributed by atoms with Gasteiger partial charge in [0.25, 0.3) is 5.91 Å². The highest BCUT2D eigenvalue weighted by molar-refractivity contribution is 6.32. The molecule has 2 N–H and O–H groups in total. The number of para-hydroxylation sites is 1. The maximum absolute atomic E-state index is 13.0. The number of benzene rings is 2.